The summed E-state index contributed by atoms with van der Waals surface area (Å²) in [5.74, 6) is -0.0581. The van der Waals surface area contributed by atoms with Gasteiger partial charge in [0, 0.05) is 31.1 Å². The highest BCUT2D eigenvalue weighted by atomic mass is 32.2. The van der Waals surface area contributed by atoms with Crippen molar-refractivity contribution in [2.75, 3.05) is 27.0 Å². The summed E-state index contributed by atoms with van der Waals surface area (Å²) in [7, 11) is -2.24. The Balaban J connectivity index is 1.40. The van der Waals surface area contributed by atoms with Crippen molar-refractivity contribution >= 4 is 54.8 Å². The Morgan fingerprint density at radius 3 is 2.62 bits per heavy atom. The van der Waals surface area contributed by atoms with Crippen molar-refractivity contribution in [3.05, 3.63) is 34.4 Å². The van der Waals surface area contributed by atoms with E-state index in [4.69, 9.17) is 14.2 Å². The summed E-state index contributed by atoms with van der Waals surface area (Å²) in [4.78, 5) is 29.8. The van der Waals surface area contributed by atoms with E-state index in [9.17, 15) is 18.0 Å². The van der Waals surface area contributed by atoms with Crippen LogP contribution in [-0.2, 0) is 30.9 Å². The van der Waals surface area contributed by atoms with Crippen LogP contribution < -0.4 is 14.3 Å². The summed E-state index contributed by atoms with van der Waals surface area (Å²) in [6, 6.07) is 6.84. The van der Waals surface area contributed by atoms with Gasteiger partial charge in [0.15, 0.2) is 16.3 Å². The molecule has 0 bridgehead atoms. The molecule has 0 saturated carbocycles. The fourth-order valence-corrected chi connectivity index (χ4v) is 7.62. The van der Waals surface area contributed by atoms with E-state index in [1.54, 1.807) is 34.2 Å². The second kappa shape index (κ2) is 9.13. The Labute approximate surface area is 203 Å². The average molecular weight is 524 g/mol. The lowest BCUT2D eigenvalue weighted by Crippen LogP contribution is -2.40. The maximum absolute atomic E-state index is 13.0. The van der Waals surface area contributed by atoms with Crippen LogP contribution in [0, 0.1) is 5.92 Å². The number of carbonyl (C=O) groups excluding carboxylic acids is 2. The van der Waals surface area contributed by atoms with Crippen LogP contribution in [0.1, 0.15) is 12.8 Å². The predicted octanol–water partition coefficient (Wildman–Crippen LogP) is 2.19. The summed E-state index contributed by atoms with van der Waals surface area (Å²) in [5, 5.41) is 1.73. The fraction of sp³-hybridized carbons (Fsp3) is 0.381. The highest BCUT2D eigenvalue weighted by Gasteiger charge is 2.32. The number of benzene rings is 1. The molecule has 2 aliphatic heterocycles. The molecule has 1 aromatic carbocycles. The number of amides is 1. The Morgan fingerprint density at radius 2 is 1.94 bits per heavy atom. The minimum Gasteiger partial charge on any atom is -0.468 e. The van der Waals surface area contributed by atoms with Gasteiger partial charge in [-0.05, 0) is 24.3 Å². The summed E-state index contributed by atoms with van der Waals surface area (Å²) in [6.45, 7) is 0.518. The van der Waals surface area contributed by atoms with Crippen molar-refractivity contribution in [1.29, 1.82) is 0 Å². The number of carbonyl (C=O) groups is 2. The molecule has 3 aromatic rings. The maximum Gasteiger partial charge on any atom is 0.325 e. The Bertz CT molecular complexity index is 1420. The number of hydrogen-bond acceptors (Lipinski definition) is 9. The van der Waals surface area contributed by atoms with E-state index < -0.39 is 21.9 Å². The average Bonchev–Trinajstić information content (AvgIpc) is 3.59. The molecular formula is C21H21N3O7S3. The van der Waals surface area contributed by atoms with E-state index in [0.29, 0.717) is 38.9 Å². The molecule has 2 aromatic heterocycles. The smallest absolute Gasteiger partial charge is 0.325 e. The maximum atomic E-state index is 13.0. The zero-order valence-electron chi connectivity index (χ0n) is 18.1. The highest BCUT2D eigenvalue weighted by Crippen LogP contribution is 2.37. The number of rotatable bonds is 5. The van der Waals surface area contributed by atoms with E-state index in [0.717, 1.165) is 4.70 Å². The highest BCUT2D eigenvalue weighted by molar-refractivity contribution is 7.91. The zero-order chi connectivity index (χ0) is 23.9. The van der Waals surface area contributed by atoms with Gasteiger partial charge >= 0.3 is 5.97 Å². The van der Waals surface area contributed by atoms with Crippen LogP contribution in [0.25, 0.3) is 10.2 Å². The largest absolute Gasteiger partial charge is 0.468 e. The molecule has 34 heavy (non-hydrogen) atoms. The molecule has 0 N–H and O–H groups in total. The SMILES string of the molecule is COC(=O)Cn1c(=NC(=O)C2CCN(S(=O)(=O)c3cccs3)CC2)sc2cc3c(cc21)OCO3. The third-order valence-electron chi connectivity index (χ3n) is 5.79. The minimum absolute atomic E-state index is 0.111. The lowest BCUT2D eigenvalue weighted by molar-refractivity contribution is -0.141. The molecule has 2 aliphatic rings. The van der Waals surface area contributed by atoms with Crippen molar-refractivity contribution < 1.29 is 32.2 Å². The second-order valence-corrected chi connectivity index (χ2v) is 11.9. The number of thiophene rings is 1. The van der Waals surface area contributed by atoms with E-state index in [-0.39, 0.29) is 32.3 Å². The van der Waals surface area contributed by atoms with E-state index in [1.807, 2.05) is 0 Å². The van der Waals surface area contributed by atoms with Gasteiger partial charge in [-0.2, -0.15) is 9.30 Å². The molecule has 0 radical (unpaired) electrons. The van der Waals surface area contributed by atoms with Gasteiger partial charge in [-0.15, -0.1) is 11.3 Å². The number of thiazole rings is 1. The molecule has 1 fully saturated rings. The number of aromatic nitrogens is 1. The number of sulfonamides is 1. The van der Waals surface area contributed by atoms with Crippen molar-refractivity contribution in [3.8, 4) is 11.5 Å². The van der Waals surface area contributed by atoms with Gasteiger partial charge in [0.05, 0.1) is 17.3 Å². The molecule has 4 heterocycles. The molecule has 180 valence electrons. The first-order chi connectivity index (χ1) is 16.4. The number of ether oxygens (including phenoxy) is 3. The van der Waals surface area contributed by atoms with Gasteiger partial charge in [0.1, 0.15) is 10.8 Å². The standard InChI is InChI=1S/C21H21N3O7S3/c1-29-18(25)11-24-14-9-15-16(31-12-30-15)10-17(14)33-21(24)22-20(26)13-4-6-23(7-5-13)34(27,28)19-3-2-8-32-19/h2-3,8-10,13H,4-7,11-12H2,1H3. The Kier molecular flexibility index (Phi) is 6.18. The van der Waals surface area contributed by atoms with Gasteiger partial charge in [0.2, 0.25) is 6.79 Å². The summed E-state index contributed by atoms with van der Waals surface area (Å²) < 4.78 is 45.3. The lowest BCUT2D eigenvalue weighted by Gasteiger charge is -2.29. The van der Waals surface area contributed by atoms with Gasteiger partial charge in [-0.25, -0.2) is 8.42 Å². The Morgan fingerprint density at radius 1 is 1.21 bits per heavy atom. The van der Waals surface area contributed by atoms with Crippen molar-refractivity contribution in [2.24, 2.45) is 10.9 Å². The van der Waals surface area contributed by atoms with Gasteiger partial charge in [-0.1, -0.05) is 17.4 Å². The topological polar surface area (TPSA) is 116 Å². The van der Waals surface area contributed by atoms with Crippen molar-refractivity contribution in [3.63, 3.8) is 0 Å². The molecule has 0 unspecified atom stereocenters. The van der Waals surface area contributed by atoms with Gasteiger partial charge in [0.25, 0.3) is 15.9 Å². The minimum atomic E-state index is -3.54. The number of methoxy groups -OCH3 is 1. The molecule has 1 amide bonds. The summed E-state index contributed by atoms with van der Waals surface area (Å²) in [6.07, 6.45) is 0.760. The predicted molar refractivity (Wildman–Crippen MR) is 124 cm³/mol. The van der Waals surface area contributed by atoms with Crippen LogP contribution in [0.5, 0.6) is 11.5 Å². The quantitative estimate of drug-likeness (QED) is 0.471. The summed E-state index contributed by atoms with van der Waals surface area (Å²) >= 11 is 2.44. The van der Waals surface area contributed by atoms with E-state index in [1.165, 1.54) is 34.1 Å². The third kappa shape index (κ3) is 4.24. The molecule has 0 atom stereocenters. The van der Waals surface area contributed by atoms with E-state index >= 15 is 0 Å². The number of nitrogens with zero attached hydrogens (tertiary/aromatic N) is 3. The fourth-order valence-electron chi connectivity index (χ4n) is 3.96. The van der Waals surface area contributed by atoms with Crippen molar-refractivity contribution in [1.82, 2.24) is 8.87 Å². The first-order valence-electron chi connectivity index (χ1n) is 10.5. The molecule has 10 nitrogen and oxygen atoms in total. The van der Waals surface area contributed by atoms with Crippen LogP contribution in [0.4, 0.5) is 0 Å². The molecule has 0 spiro atoms. The molecular weight excluding hydrogens is 502 g/mol. The monoisotopic (exact) mass is 523 g/mol. The zero-order valence-corrected chi connectivity index (χ0v) is 20.6. The Hall–Kier alpha value is -2.74. The van der Waals surface area contributed by atoms with Gasteiger partial charge in [-0.3, -0.25) is 9.59 Å². The first-order valence-corrected chi connectivity index (χ1v) is 13.6. The number of piperidine rings is 1. The second-order valence-electron chi connectivity index (χ2n) is 7.78. The molecule has 0 aliphatic carbocycles. The van der Waals surface area contributed by atoms with Crippen LogP contribution >= 0.6 is 22.7 Å². The number of fused-ring (bicyclic) bond motifs is 2. The molecule has 13 heteroatoms. The van der Waals surface area contributed by atoms with Crippen molar-refractivity contribution in [2.45, 2.75) is 23.6 Å². The van der Waals surface area contributed by atoms with E-state index in [2.05, 4.69) is 4.99 Å². The van der Waals surface area contributed by atoms with Crippen LogP contribution in [0.3, 0.4) is 0 Å². The normalized spacial score (nSPS) is 17.4. The van der Waals surface area contributed by atoms with Gasteiger partial charge < -0.3 is 18.8 Å². The molecule has 5 rings (SSSR count). The molecule has 1 saturated heterocycles. The van der Waals surface area contributed by atoms with Crippen LogP contribution in [0.2, 0.25) is 0 Å². The van der Waals surface area contributed by atoms with Crippen LogP contribution in [0.15, 0.2) is 38.8 Å². The first kappa shape index (κ1) is 23.0. The van der Waals surface area contributed by atoms with Crippen LogP contribution in [-0.4, -0.2) is 56.2 Å². The number of hydrogen-bond donors (Lipinski definition) is 0. The lowest BCUT2D eigenvalue weighted by atomic mass is 9.98. The summed E-state index contributed by atoms with van der Waals surface area (Å²) in [5.41, 5.74) is 0.683. The number of esters is 1. The third-order valence-corrected chi connectivity index (χ3v) is 10.1.